The Hall–Kier alpha value is -3.00. The molecule has 0 spiro atoms. The zero-order valence-electron chi connectivity index (χ0n) is 13.0. The average Bonchev–Trinajstić information content (AvgIpc) is 3.21. The van der Waals surface area contributed by atoms with Gasteiger partial charge in [-0.05, 0) is 53.1 Å². The quantitative estimate of drug-likeness (QED) is 0.698. The molecule has 0 aliphatic rings. The Balaban J connectivity index is 2.42. The summed E-state index contributed by atoms with van der Waals surface area (Å²) in [6.07, 6.45) is 1.69. The summed E-state index contributed by atoms with van der Waals surface area (Å²) in [5.74, 6) is -0.458. The van der Waals surface area contributed by atoms with E-state index in [0.29, 0.717) is 10.1 Å². The molecule has 0 N–H and O–H groups in total. The fourth-order valence-corrected chi connectivity index (χ4v) is 3.91. The van der Waals surface area contributed by atoms with Gasteiger partial charge in [0.2, 0.25) is 0 Å². The van der Waals surface area contributed by atoms with E-state index < -0.39 is 11.4 Å². The van der Waals surface area contributed by atoms with Crippen LogP contribution in [-0.2, 0) is 0 Å². The Morgan fingerprint density at radius 1 is 1.28 bits per heavy atom. The Kier molecular flexibility index (Phi) is 4.62. The fourth-order valence-electron chi connectivity index (χ4n) is 2.23. The number of thiazole rings is 1. The molecule has 4 nitrogen and oxygen atoms in total. The van der Waals surface area contributed by atoms with Gasteiger partial charge in [-0.25, -0.2) is 4.39 Å². The molecule has 0 unspecified atom stereocenters. The summed E-state index contributed by atoms with van der Waals surface area (Å²) in [7, 11) is 0. The van der Waals surface area contributed by atoms with Gasteiger partial charge in [-0.3, -0.25) is 9.36 Å². The maximum atomic E-state index is 13.9. The summed E-state index contributed by atoms with van der Waals surface area (Å²) < 4.78 is 15.7. The second-order valence-corrected chi connectivity index (χ2v) is 6.96. The van der Waals surface area contributed by atoms with Gasteiger partial charge in [-0.15, -0.1) is 11.3 Å². The number of aryl methyl sites for hydroxylation is 1. The number of rotatable bonds is 2. The van der Waals surface area contributed by atoms with Crippen molar-refractivity contribution >= 4 is 34.3 Å². The summed E-state index contributed by atoms with van der Waals surface area (Å²) in [5.41, 5.74) is 1.01. The molecule has 2 aromatic heterocycles. The number of hydrogen-bond donors (Lipinski definition) is 0. The molecule has 122 valence electrons. The molecule has 1 aromatic carbocycles. The maximum Gasteiger partial charge on any atom is 0.273 e. The molecular formula is C18H10FN3OS2. The fraction of sp³-hybridized carbons (Fsp3) is 0.0556. The third kappa shape index (κ3) is 3.16. The van der Waals surface area contributed by atoms with Gasteiger partial charge in [-0.1, -0.05) is 6.07 Å². The van der Waals surface area contributed by atoms with Crippen LogP contribution in [-0.4, -0.2) is 4.57 Å². The van der Waals surface area contributed by atoms with Gasteiger partial charge in [0.15, 0.2) is 5.57 Å². The third-order valence-corrected chi connectivity index (χ3v) is 5.31. The first-order valence-electron chi connectivity index (χ1n) is 7.12. The van der Waals surface area contributed by atoms with Crippen molar-refractivity contribution in [2.45, 2.75) is 6.92 Å². The molecular weight excluding hydrogens is 357 g/mol. The van der Waals surface area contributed by atoms with Crippen LogP contribution >= 0.6 is 22.7 Å². The van der Waals surface area contributed by atoms with Crippen molar-refractivity contribution in [3.63, 3.8) is 0 Å². The molecule has 0 atom stereocenters. The number of thiophene rings is 1. The molecule has 0 fully saturated rings. The topological polar surface area (TPSA) is 69.6 Å². The third-order valence-electron chi connectivity index (χ3n) is 3.52. The lowest BCUT2D eigenvalue weighted by atomic mass is 10.2. The lowest BCUT2D eigenvalue weighted by Crippen LogP contribution is -2.30. The van der Waals surface area contributed by atoms with E-state index in [-0.39, 0.29) is 15.9 Å². The van der Waals surface area contributed by atoms with Gasteiger partial charge < -0.3 is 0 Å². The lowest BCUT2D eigenvalue weighted by Gasteiger charge is -2.04. The minimum atomic E-state index is -0.458. The SMILES string of the molecule is Cc1ccc(-n2c(=C(C#N)C#N)s/c(=C/c3ccsc3)c2=O)cc1F. The van der Waals surface area contributed by atoms with Gasteiger partial charge in [0.1, 0.15) is 22.6 Å². The van der Waals surface area contributed by atoms with E-state index in [4.69, 9.17) is 0 Å². The molecule has 0 saturated carbocycles. The van der Waals surface area contributed by atoms with Crippen molar-refractivity contribution in [1.82, 2.24) is 4.57 Å². The number of halogens is 1. The van der Waals surface area contributed by atoms with Crippen molar-refractivity contribution in [3.8, 4) is 17.8 Å². The van der Waals surface area contributed by atoms with Crippen LogP contribution < -0.4 is 14.8 Å². The number of benzene rings is 1. The van der Waals surface area contributed by atoms with Gasteiger partial charge >= 0.3 is 0 Å². The zero-order valence-corrected chi connectivity index (χ0v) is 14.6. The number of nitriles is 2. The minimum absolute atomic E-state index is 0.187. The molecule has 3 aromatic rings. The van der Waals surface area contributed by atoms with E-state index in [0.717, 1.165) is 16.9 Å². The first kappa shape index (κ1) is 16.8. The first-order valence-corrected chi connectivity index (χ1v) is 8.88. The van der Waals surface area contributed by atoms with Crippen LogP contribution in [0.2, 0.25) is 0 Å². The first-order chi connectivity index (χ1) is 12.0. The van der Waals surface area contributed by atoms with Crippen LogP contribution in [0.25, 0.3) is 17.3 Å². The van der Waals surface area contributed by atoms with E-state index in [1.165, 1.54) is 22.0 Å². The summed E-state index contributed by atoms with van der Waals surface area (Å²) in [4.78, 5) is 12.8. The molecule has 0 amide bonds. The molecule has 0 aliphatic heterocycles. The average molecular weight is 367 g/mol. The smallest absolute Gasteiger partial charge is 0.267 e. The molecule has 3 rings (SSSR count). The molecule has 0 saturated heterocycles. The molecule has 7 heteroatoms. The highest BCUT2D eigenvalue weighted by atomic mass is 32.1. The highest BCUT2D eigenvalue weighted by Crippen LogP contribution is 2.11. The van der Waals surface area contributed by atoms with E-state index in [9.17, 15) is 19.7 Å². The number of hydrogen-bond acceptors (Lipinski definition) is 5. The Morgan fingerprint density at radius 3 is 2.64 bits per heavy atom. The summed E-state index contributed by atoms with van der Waals surface area (Å²) >= 11 is 2.54. The molecule has 25 heavy (non-hydrogen) atoms. The highest BCUT2D eigenvalue weighted by Gasteiger charge is 2.12. The van der Waals surface area contributed by atoms with Crippen molar-refractivity contribution in [3.05, 3.63) is 71.5 Å². The van der Waals surface area contributed by atoms with Crippen LogP contribution in [0.15, 0.2) is 39.8 Å². The van der Waals surface area contributed by atoms with Gasteiger partial charge in [-0.2, -0.15) is 21.9 Å². The highest BCUT2D eigenvalue weighted by molar-refractivity contribution is 7.08. The number of aromatic nitrogens is 1. The van der Waals surface area contributed by atoms with E-state index in [1.54, 1.807) is 37.3 Å². The largest absolute Gasteiger partial charge is 0.273 e. The Bertz CT molecular complexity index is 1190. The standard InChI is InChI=1S/C18H10FN3OS2/c1-11-2-3-14(7-15(11)19)22-17(23)16(6-12-4-5-24-10-12)25-18(22)13(8-20)9-21/h2-7,10H,1H3/b16-6+. The summed E-state index contributed by atoms with van der Waals surface area (Å²) in [6.45, 7) is 1.62. The monoisotopic (exact) mass is 367 g/mol. The van der Waals surface area contributed by atoms with Gasteiger partial charge in [0.05, 0.1) is 10.2 Å². The summed E-state index contributed by atoms with van der Waals surface area (Å²) in [5, 5.41) is 22.2. The van der Waals surface area contributed by atoms with E-state index in [1.807, 2.05) is 16.8 Å². The van der Waals surface area contributed by atoms with Crippen LogP contribution in [0.4, 0.5) is 4.39 Å². The van der Waals surface area contributed by atoms with E-state index in [2.05, 4.69) is 0 Å². The lowest BCUT2D eigenvalue weighted by molar-refractivity contribution is 0.617. The van der Waals surface area contributed by atoms with Crippen molar-refractivity contribution in [1.29, 1.82) is 10.5 Å². The molecule has 0 aliphatic carbocycles. The van der Waals surface area contributed by atoms with Gasteiger partial charge in [0.25, 0.3) is 5.56 Å². The van der Waals surface area contributed by atoms with Crippen molar-refractivity contribution < 1.29 is 4.39 Å². The predicted molar refractivity (Wildman–Crippen MR) is 96.4 cm³/mol. The normalized spacial score (nSPS) is 11.1. The van der Waals surface area contributed by atoms with Crippen LogP contribution in [0.1, 0.15) is 11.1 Å². The zero-order chi connectivity index (χ0) is 18.0. The minimum Gasteiger partial charge on any atom is -0.267 e. The molecule has 2 heterocycles. The molecule has 0 radical (unpaired) electrons. The predicted octanol–water partition coefficient (Wildman–Crippen LogP) is 2.43. The summed E-state index contributed by atoms with van der Waals surface area (Å²) in [6, 6.07) is 9.85. The van der Waals surface area contributed by atoms with E-state index >= 15 is 0 Å². The maximum absolute atomic E-state index is 13.9. The van der Waals surface area contributed by atoms with Crippen molar-refractivity contribution in [2.24, 2.45) is 0 Å². The van der Waals surface area contributed by atoms with Crippen molar-refractivity contribution in [2.75, 3.05) is 0 Å². The van der Waals surface area contributed by atoms with Crippen LogP contribution in [0.5, 0.6) is 0 Å². The molecule has 0 bridgehead atoms. The second kappa shape index (κ2) is 6.86. The van der Waals surface area contributed by atoms with Crippen LogP contribution in [0, 0.1) is 35.4 Å². The van der Waals surface area contributed by atoms with Crippen LogP contribution in [0.3, 0.4) is 0 Å². The second-order valence-electron chi connectivity index (χ2n) is 5.15. The Labute approximate surface area is 150 Å². The number of nitrogens with zero attached hydrogens (tertiary/aromatic N) is 3. The Morgan fingerprint density at radius 2 is 2.04 bits per heavy atom. The van der Waals surface area contributed by atoms with Gasteiger partial charge in [0, 0.05) is 0 Å².